The minimum absolute atomic E-state index is 0.0185. The number of anilines is 2. The first-order valence-electron chi connectivity index (χ1n) is 7.20. The van der Waals surface area contributed by atoms with Crippen molar-refractivity contribution in [1.82, 2.24) is 9.97 Å². The second-order valence-corrected chi connectivity index (χ2v) is 5.05. The topological polar surface area (TPSA) is 93.4 Å². The molecule has 0 bridgehead atoms. The van der Waals surface area contributed by atoms with Gasteiger partial charge in [0.05, 0.1) is 23.7 Å². The summed E-state index contributed by atoms with van der Waals surface area (Å²) in [6.07, 6.45) is 2.13. The maximum absolute atomic E-state index is 11.3. The number of morpholine rings is 1. The number of nitrogens with one attached hydrogen (secondary N) is 1. The molecule has 1 aliphatic heterocycles. The van der Waals surface area contributed by atoms with Crippen LogP contribution in [0.3, 0.4) is 0 Å². The average Bonchev–Trinajstić information content (AvgIpc) is 2.47. The van der Waals surface area contributed by atoms with Crippen molar-refractivity contribution in [2.45, 2.75) is 39.3 Å². The molecule has 1 aromatic rings. The summed E-state index contributed by atoms with van der Waals surface area (Å²) in [7, 11) is 0. The third-order valence-electron chi connectivity index (χ3n) is 3.49. The molecule has 1 aliphatic rings. The minimum atomic E-state index is -0.433. The lowest BCUT2D eigenvalue weighted by atomic mass is 10.1. The Morgan fingerprint density at radius 3 is 2.95 bits per heavy atom. The highest BCUT2D eigenvalue weighted by Gasteiger charge is 2.32. The molecule has 0 spiro atoms. The summed E-state index contributed by atoms with van der Waals surface area (Å²) in [6, 6.07) is 0.0873. The molecule has 2 heterocycles. The second-order valence-electron chi connectivity index (χ2n) is 5.05. The molecule has 8 nitrogen and oxygen atoms in total. The molecule has 8 heteroatoms. The zero-order valence-electron chi connectivity index (χ0n) is 12.6. The van der Waals surface area contributed by atoms with Crippen LogP contribution in [0.5, 0.6) is 0 Å². The number of hydrogen-bond acceptors (Lipinski definition) is 7. The van der Waals surface area contributed by atoms with E-state index in [1.165, 1.54) is 6.20 Å². The van der Waals surface area contributed by atoms with Gasteiger partial charge >= 0.3 is 5.69 Å². The quantitative estimate of drug-likeness (QED) is 0.654. The van der Waals surface area contributed by atoms with Gasteiger partial charge in [-0.15, -0.1) is 0 Å². The molecule has 1 saturated heterocycles. The Morgan fingerprint density at radius 2 is 2.33 bits per heavy atom. The van der Waals surface area contributed by atoms with Gasteiger partial charge in [0.1, 0.15) is 6.20 Å². The van der Waals surface area contributed by atoms with Crippen LogP contribution in [-0.2, 0) is 4.74 Å². The number of aromatic nitrogens is 2. The molecule has 0 radical (unpaired) electrons. The van der Waals surface area contributed by atoms with Gasteiger partial charge < -0.3 is 15.0 Å². The number of hydrogen-bond donors (Lipinski definition) is 1. The van der Waals surface area contributed by atoms with Gasteiger partial charge in [-0.25, -0.2) is 4.98 Å². The van der Waals surface area contributed by atoms with E-state index in [-0.39, 0.29) is 17.8 Å². The lowest BCUT2D eigenvalue weighted by Crippen LogP contribution is -2.49. The Hall–Kier alpha value is -1.96. The molecule has 0 aromatic carbocycles. The van der Waals surface area contributed by atoms with Crippen LogP contribution in [0.25, 0.3) is 0 Å². The predicted molar refractivity (Wildman–Crippen MR) is 79.7 cm³/mol. The first-order valence-corrected chi connectivity index (χ1v) is 7.20. The highest BCUT2D eigenvalue weighted by Crippen LogP contribution is 2.30. The fourth-order valence-corrected chi connectivity index (χ4v) is 2.39. The van der Waals surface area contributed by atoms with Gasteiger partial charge in [0.2, 0.25) is 11.8 Å². The fraction of sp³-hybridized carbons (Fsp3) is 0.692. The molecule has 1 aromatic heterocycles. The molecule has 21 heavy (non-hydrogen) atoms. The highest BCUT2D eigenvalue weighted by molar-refractivity contribution is 5.59. The summed E-state index contributed by atoms with van der Waals surface area (Å²) in [4.78, 5) is 21.1. The average molecular weight is 295 g/mol. The van der Waals surface area contributed by atoms with Gasteiger partial charge in [0, 0.05) is 13.1 Å². The lowest BCUT2D eigenvalue weighted by Gasteiger charge is -2.38. The smallest absolute Gasteiger partial charge is 0.329 e. The van der Waals surface area contributed by atoms with Crippen molar-refractivity contribution in [3.8, 4) is 0 Å². The summed E-state index contributed by atoms with van der Waals surface area (Å²) in [6.45, 7) is 7.72. The largest absolute Gasteiger partial charge is 0.375 e. The Morgan fingerprint density at radius 1 is 1.57 bits per heavy atom. The lowest BCUT2D eigenvalue weighted by molar-refractivity contribution is -0.384. The van der Waals surface area contributed by atoms with Crippen LogP contribution in [-0.4, -0.2) is 46.7 Å². The second kappa shape index (κ2) is 6.66. The van der Waals surface area contributed by atoms with Crippen LogP contribution >= 0.6 is 0 Å². The van der Waals surface area contributed by atoms with Gasteiger partial charge in [0.15, 0.2) is 0 Å². The number of nitrogens with zero attached hydrogens (tertiary/aromatic N) is 4. The predicted octanol–water partition coefficient (Wildman–Crippen LogP) is 1.82. The minimum Gasteiger partial charge on any atom is -0.375 e. The first kappa shape index (κ1) is 15.4. The molecule has 2 atom stereocenters. The number of rotatable bonds is 5. The van der Waals surface area contributed by atoms with Crippen molar-refractivity contribution in [2.75, 3.05) is 29.9 Å². The molecular formula is C13H21N5O3. The van der Waals surface area contributed by atoms with Crippen molar-refractivity contribution in [2.24, 2.45) is 0 Å². The SMILES string of the molecule is CCNc1ncc([N+](=O)[O-])c(N2CC(C)OCC2CC)n1. The zero-order valence-corrected chi connectivity index (χ0v) is 12.6. The summed E-state index contributed by atoms with van der Waals surface area (Å²) in [5, 5.41) is 14.3. The standard InChI is InChI=1S/C13H21N5O3/c1-4-10-8-21-9(3)7-17(10)12-11(18(19)20)6-15-13(16-12)14-5-2/h6,9-10H,4-5,7-8H2,1-3H3,(H,14,15,16). The molecular weight excluding hydrogens is 274 g/mol. The van der Waals surface area contributed by atoms with Crippen LogP contribution in [0, 0.1) is 10.1 Å². The Labute approximate surface area is 123 Å². The van der Waals surface area contributed by atoms with Crippen LogP contribution < -0.4 is 10.2 Å². The van der Waals surface area contributed by atoms with E-state index in [2.05, 4.69) is 15.3 Å². The van der Waals surface area contributed by atoms with E-state index in [1.54, 1.807) is 0 Å². The van der Waals surface area contributed by atoms with Gasteiger partial charge in [-0.1, -0.05) is 6.92 Å². The molecule has 0 saturated carbocycles. The molecule has 0 aliphatic carbocycles. The van der Waals surface area contributed by atoms with E-state index < -0.39 is 4.92 Å². The fourth-order valence-electron chi connectivity index (χ4n) is 2.39. The van der Waals surface area contributed by atoms with Gasteiger partial charge in [0.25, 0.3) is 0 Å². The summed E-state index contributed by atoms with van der Waals surface area (Å²) < 4.78 is 5.64. The van der Waals surface area contributed by atoms with Gasteiger partial charge in [-0.2, -0.15) is 4.98 Å². The number of ether oxygens (including phenoxy) is 1. The van der Waals surface area contributed by atoms with Gasteiger partial charge in [-0.3, -0.25) is 10.1 Å². The van der Waals surface area contributed by atoms with E-state index in [4.69, 9.17) is 4.74 Å². The van der Waals surface area contributed by atoms with Crippen molar-refractivity contribution in [3.05, 3.63) is 16.3 Å². The summed E-state index contributed by atoms with van der Waals surface area (Å²) >= 11 is 0. The van der Waals surface area contributed by atoms with Crippen molar-refractivity contribution in [1.29, 1.82) is 0 Å². The van der Waals surface area contributed by atoms with Crippen molar-refractivity contribution in [3.63, 3.8) is 0 Å². The van der Waals surface area contributed by atoms with Crippen LogP contribution in [0.2, 0.25) is 0 Å². The first-order chi connectivity index (χ1) is 10.1. The Balaban J connectivity index is 2.42. The third kappa shape index (κ3) is 3.38. The molecule has 0 amide bonds. The molecule has 1 fully saturated rings. The van der Waals surface area contributed by atoms with Crippen LogP contribution in [0.4, 0.5) is 17.5 Å². The number of nitro groups is 1. The van der Waals surface area contributed by atoms with Crippen LogP contribution in [0.1, 0.15) is 27.2 Å². The highest BCUT2D eigenvalue weighted by atomic mass is 16.6. The molecule has 116 valence electrons. The van der Waals surface area contributed by atoms with E-state index in [0.717, 1.165) is 6.42 Å². The summed E-state index contributed by atoms with van der Waals surface area (Å²) in [5.74, 6) is 0.778. The maximum Gasteiger partial charge on any atom is 0.329 e. The van der Waals surface area contributed by atoms with E-state index in [0.29, 0.717) is 31.5 Å². The van der Waals surface area contributed by atoms with E-state index >= 15 is 0 Å². The maximum atomic E-state index is 11.3. The molecule has 2 unspecified atom stereocenters. The van der Waals surface area contributed by atoms with E-state index in [1.807, 2.05) is 25.7 Å². The normalized spacial score (nSPS) is 22.1. The summed E-state index contributed by atoms with van der Waals surface area (Å²) in [5.41, 5.74) is -0.0656. The Kier molecular flexibility index (Phi) is 4.89. The zero-order chi connectivity index (χ0) is 15.4. The Bertz CT molecular complexity index is 511. The van der Waals surface area contributed by atoms with Gasteiger partial charge in [-0.05, 0) is 20.3 Å². The molecule has 1 N–H and O–H groups in total. The van der Waals surface area contributed by atoms with Crippen molar-refractivity contribution < 1.29 is 9.66 Å². The van der Waals surface area contributed by atoms with E-state index in [9.17, 15) is 10.1 Å². The monoisotopic (exact) mass is 295 g/mol. The third-order valence-corrected chi connectivity index (χ3v) is 3.49. The van der Waals surface area contributed by atoms with Crippen LogP contribution in [0.15, 0.2) is 6.20 Å². The van der Waals surface area contributed by atoms with Crippen molar-refractivity contribution >= 4 is 17.5 Å². The molecule has 2 rings (SSSR count).